The molecule has 0 radical (unpaired) electrons. The van der Waals surface area contributed by atoms with Crippen LogP contribution in [0.25, 0.3) is 0 Å². The van der Waals surface area contributed by atoms with Crippen LogP contribution >= 0.6 is 0 Å². The Morgan fingerprint density at radius 1 is 1.00 bits per heavy atom. The second-order valence-corrected chi connectivity index (χ2v) is 6.72. The highest BCUT2D eigenvalue weighted by Gasteiger charge is 2.30. The van der Waals surface area contributed by atoms with Gasteiger partial charge in [-0.15, -0.1) is 0 Å². The topological polar surface area (TPSA) is 58.6 Å². The number of rotatable bonds is 5. The zero-order valence-electron chi connectivity index (χ0n) is 15.6. The number of carbonyl (C=O) groups is 2. The molecule has 0 spiro atoms. The molecule has 1 heterocycles. The Morgan fingerprint density at radius 3 is 2.00 bits per heavy atom. The maximum atomic E-state index is 13.3. The van der Waals surface area contributed by atoms with Crippen LogP contribution in [0.1, 0.15) is 36.8 Å². The van der Waals surface area contributed by atoms with Crippen LogP contribution in [-0.4, -0.2) is 42.6 Å². The van der Waals surface area contributed by atoms with Crippen LogP contribution in [-0.2, 0) is 9.53 Å². The number of nitrogens with one attached hydrogen (secondary N) is 1. The summed E-state index contributed by atoms with van der Waals surface area (Å²) in [6, 6.07) is 19.9. The van der Waals surface area contributed by atoms with Crippen LogP contribution in [0.15, 0.2) is 60.7 Å². The number of benzene rings is 2. The van der Waals surface area contributed by atoms with E-state index < -0.39 is 0 Å². The van der Waals surface area contributed by atoms with Crippen LogP contribution < -0.4 is 5.32 Å². The molecule has 142 valence electrons. The molecular weight excluding hydrogens is 340 g/mol. The van der Waals surface area contributed by atoms with E-state index in [4.69, 9.17) is 4.74 Å². The smallest absolute Gasteiger partial charge is 0.407 e. The summed E-state index contributed by atoms with van der Waals surface area (Å²) in [7, 11) is 0. The Balaban J connectivity index is 1.70. The number of amides is 2. The highest BCUT2D eigenvalue weighted by molar-refractivity contribution is 5.87. The third-order valence-corrected chi connectivity index (χ3v) is 4.92. The summed E-state index contributed by atoms with van der Waals surface area (Å²) < 4.78 is 4.94. The Hall–Kier alpha value is -2.82. The molecule has 1 fully saturated rings. The van der Waals surface area contributed by atoms with Crippen LogP contribution in [0.4, 0.5) is 4.79 Å². The van der Waals surface area contributed by atoms with E-state index >= 15 is 0 Å². The second kappa shape index (κ2) is 9.21. The largest absolute Gasteiger partial charge is 0.450 e. The van der Waals surface area contributed by atoms with Gasteiger partial charge in [-0.3, -0.25) is 4.79 Å². The minimum atomic E-state index is -0.381. The van der Waals surface area contributed by atoms with Crippen LogP contribution in [0.5, 0.6) is 0 Å². The van der Waals surface area contributed by atoms with E-state index in [2.05, 4.69) is 5.32 Å². The van der Waals surface area contributed by atoms with Crippen molar-refractivity contribution < 1.29 is 14.3 Å². The molecule has 0 unspecified atom stereocenters. The van der Waals surface area contributed by atoms with Crippen molar-refractivity contribution >= 4 is 12.0 Å². The highest BCUT2D eigenvalue weighted by atomic mass is 16.5. The fraction of sp³-hybridized carbons (Fsp3) is 0.364. The quantitative estimate of drug-likeness (QED) is 0.880. The summed E-state index contributed by atoms with van der Waals surface area (Å²) in [5.74, 6) is -0.191. The summed E-state index contributed by atoms with van der Waals surface area (Å²) in [5, 5.41) is 2.87. The van der Waals surface area contributed by atoms with Crippen molar-refractivity contribution in [1.82, 2.24) is 10.2 Å². The molecule has 0 saturated carbocycles. The van der Waals surface area contributed by atoms with E-state index in [0.29, 0.717) is 19.7 Å². The number of hydrogen-bond acceptors (Lipinski definition) is 3. The van der Waals surface area contributed by atoms with Gasteiger partial charge in [0.25, 0.3) is 0 Å². The molecule has 5 heteroatoms. The predicted molar refractivity (Wildman–Crippen MR) is 104 cm³/mol. The van der Waals surface area contributed by atoms with E-state index in [1.165, 1.54) is 0 Å². The maximum absolute atomic E-state index is 13.3. The molecular formula is C22H26N2O3. The van der Waals surface area contributed by atoms with E-state index in [9.17, 15) is 9.59 Å². The van der Waals surface area contributed by atoms with Gasteiger partial charge in [-0.2, -0.15) is 0 Å². The molecule has 0 aliphatic carbocycles. The first kappa shape index (κ1) is 19.0. The van der Waals surface area contributed by atoms with Gasteiger partial charge in [-0.25, -0.2) is 4.79 Å². The zero-order valence-corrected chi connectivity index (χ0v) is 15.6. The first-order valence-electron chi connectivity index (χ1n) is 9.51. The van der Waals surface area contributed by atoms with Gasteiger partial charge in [0.15, 0.2) is 0 Å². The predicted octanol–water partition coefficient (Wildman–Crippen LogP) is 3.56. The fourth-order valence-corrected chi connectivity index (χ4v) is 3.53. The standard InChI is InChI=1S/C22H26N2O3/c1-2-27-22(26)23-19-13-15-24(16-14-19)21(25)20(17-9-5-3-6-10-17)18-11-7-4-8-12-18/h3-12,19-20H,2,13-16H2,1H3,(H,23,26). The number of piperidine rings is 1. The van der Waals surface area contributed by atoms with Crippen LogP contribution in [0.2, 0.25) is 0 Å². The average Bonchev–Trinajstić information content (AvgIpc) is 2.70. The molecule has 0 atom stereocenters. The maximum Gasteiger partial charge on any atom is 0.407 e. The summed E-state index contributed by atoms with van der Waals surface area (Å²) >= 11 is 0. The first-order chi connectivity index (χ1) is 13.2. The molecule has 0 bridgehead atoms. The van der Waals surface area contributed by atoms with Gasteiger partial charge >= 0.3 is 6.09 Å². The van der Waals surface area contributed by atoms with Gasteiger partial charge in [-0.1, -0.05) is 60.7 Å². The average molecular weight is 366 g/mol. The fourth-order valence-electron chi connectivity index (χ4n) is 3.53. The molecule has 0 aromatic heterocycles. The molecule has 2 aromatic carbocycles. The van der Waals surface area contributed by atoms with Crippen LogP contribution in [0.3, 0.4) is 0 Å². The molecule has 2 amide bonds. The van der Waals surface area contributed by atoms with E-state index in [1.54, 1.807) is 6.92 Å². The zero-order chi connectivity index (χ0) is 19.1. The van der Waals surface area contributed by atoms with Crippen molar-refractivity contribution in [3.05, 3.63) is 71.8 Å². The minimum Gasteiger partial charge on any atom is -0.450 e. The van der Waals surface area contributed by atoms with Crippen LogP contribution in [0, 0.1) is 0 Å². The Kier molecular flexibility index (Phi) is 6.47. The second-order valence-electron chi connectivity index (χ2n) is 6.72. The normalized spacial score (nSPS) is 14.8. The van der Waals surface area contributed by atoms with Crippen molar-refractivity contribution in [3.8, 4) is 0 Å². The lowest BCUT2D eigenvalue weighted by Gasteiger charge is -2.34. The molecule has 27 heavy (non-hydrogen) atoms. The molecule has 5 nitrogen and oxygen atoms in total. The molecule has 1 aliphatic rings. The van der Waals surface area contributed by atoms with Gasteiger partial charge in [0.2, 0.25) is 5.91 Å². The van der Waals surface area contributed by atoms with Gasteiger partial charge in [0.1, 0.15) is 0 Å². The lowest BCUT2D eigenvalue weighted by Crippen LogP contribution is -2.48. The Morgan fingerprint density at radius 2 is 1.52 bits per heavy atom. The summed E-state index contributed by atoms with van der Waals surface area (Å²) in [5.41, 5.74) is 2.00. The number of alkyl carbamates (subject to hydrolysis) is 1. The minimum absolute atomic E-state index is 0.0556. The number of hydrogen-bond donors (Lipinski definition) is 1. The number of nitrogens with zero attached hydrogens (tertiary/aromatic N) is 1. The summed E-state index contributed by atoms with van der Waals surface area (Å²) in [4.78, 5) is 26.8. The molecule has 2 aromatic rings. The molecule has 1 saturated heterocycles. The number of ether oxygens (including phenoxy) is 1. The van der Waals surface area contributed by atoms with Gasteiger partial charge < -0.3 is 15.0 Å². The van der Waals surface area contributed by atoms with Gasteiger partial charge in [0, 0.05) is 19.1 Å². The molecule has 1 N–H and O–H groups in total. The van der Waals surface area contributed by atoms with Crippen molar-refractivity contribution in [2.24, 2.45) is 0 Å². The monoisotopic (exact) mass is 366 g/mol. The number of carbonyl (C=O) groups excluding carboxylic acids is 2. The molecule has 3 rings (SSSR count). The van der Waals surface area contributed by atoms with E-state index in [1.807, 2.05) is 65.6 Å². The molecule has 1 aliphatic heterocycles. The Labute approximate surface area is 160 Å². The summed E-state index contributed by atoms with van der Waals surface area (Å²) in [6.07, 6.45) is 1.09. The lowest BCUT2D eigenvalue weighted by atomic mass is 9.89. The van der Waals surface area contributed by atoms with Gasteiger partial charge in [-0.05, 0) is 30.9 Å². The van der Waals surface area contributed by atoms with Crippen molar-refractivity contribution in [2.75, 3.05) is 19.7 Å². The van der Waals surface area contributed by atoms with E-state index in [0.717, 1.165) is 24.0 Å². The highest BCUT2D eigenvalue weighted by Crippen LogP contribution is 2.28. The van der Waals surface area contributed by atoms with Crippen molar-refractivity contribution in [2.45, 2.75) is 31.7 Å². The lowest BCUT2D eigenvalue weighted by molar-refractivity contribution is -0.132. The van der Waals surface area contributed by atoms with Crippen molar-refractivity contribution in [1.29, 1.82) is 0 Å². The third kappa shape index (κ3) is 4.88. The Bertz CT molecular complexity index is 701. The first-order valence-corrected chi connectivity index (χ1v) is 9.51. The SMILES string of the molecule is CCOC(=O)NC1CCN(C(=O)C(c2ccccc2)c2ccccc2)CC1. The van der Waals surface area contributed by atoms with Crippen molar-refractivity contribution in [3.63, 3.8) is 0 Å². The van der Waals surface area contributed by atoms with Gasteiger partial charge in [0.05, 0.1) is 12.5 Å². The van der Waals surface area contributed by atoms with E-state index in [-0.39, 0.29) is 24.0 Å². The number of likely N-dealkylation sites (tertiary alicyclic amines) is 1. The third-order valence-electron chi connectivity index (χ3n) is 4.92. The summed E-state index contributed by atoms with van der Waals surface area (Å²) in [6.45, 7) is 3.41.